The van der Waals surface area contributed by atoms with Gasteiger partial charge in [0.25, 0.3) is 0 Å². The van der Waals surface area contributed by atoms with Crippen LogP contribution in [0, 0.1) is 11.8 Å². The van der Waals surface area contributed by atoms with Crippen LogP contribution in [-0.4, -0.2) is 11.9 Å². The topological polar surface area (TPSA) is 81.1 Å². The second-order valence-corrected chi connectivity index (χ2v) is 5.68. The van der Waals surface area contributed by atoms with Gasteiger partial charge in [-0.1, -0.05) is 26.7 Å². The van der Waals surface area contributed by atoms with Gasteiger partial charge in [-0.25, -0.2) is 0 Å². The van der Waals surface area contributed by atoms with E-state index in [1.807, 2.05) is 6.07 Å². The maximum atomic E-state index is 11.1. The van der Waals surface area contributed by atoms with Crippen molar-refractivity contribution in [1.29, 1.82) is 0 Å². The summed E-state index contributed by atoms with van der Waals surface area (Å²) in [6.45, 7) is 4.59. The summed E-state index contributed by atoms with van der Waals surface area (Å²) in [6, 6.07) is 5.66. The number of amides is 1. The van der Waals surface area contributed by atoms with Gasteiger partial charge in [0.15, 0.2) is 0 Å². The van der Waals surface area contributed by atoms with Gasteiger partial charge in [0.05, 0.1) is 11.4 Å². The smallest absolute Gasteiger partial charge is 0.248 e. The van der Waals surface area contributed by atoms with Crippen LogP contribution in [0.2, 0.25) is 0 Å². The van der Waals surface area contributed by atoms with Crippen LogP contribution in [0.5, 0.6) is 0 Å². The van der Waals surface area contributed by atoms with E-state index in [2.05, 4.69) is 19.2 Å². The van der Waals surface area contributed by atoms with Crippen LogP contribution >= 0.6 is 0 Å². The van der Waals surface area contributed by atoms with Gasteiger partial charge in [-0.2, -0.15) is 0 Å². The van der Waals surface area contributed by atoms with E-state index in [0.29, 0.717) is 23.2 Å². The maximum absolute atomic E-state index is 11.1. The highest BCUT2D eigenvalue weighted by Gasteiger charge is 2.27. The molecule has 4 heteroatoms. The number of nitrogens with one attached hydrogen (secondary N) is 1. The standard InChI is InChI=1S/C15H23N3O/c1-9-4-3-5-13(10(9)2)18-14-7-6-11(15(17)19)8-12(14)16/h6-10,13,18H,3-5,16H2,1-2H3,(H2,17,19). The van der Waals surface area contributed by atoms with Gasteiger partial charge in [0.1, 0.15) is 0 Å². The number of primary amides is 1. The molecular formula is C15H23N3O. The van der Waals surface area contributed by atoms with E-state index in [-0.39, 0.29) is 0 Å². The number of nitrogen functional groups attached to an aromatic ring is 1. The molecule has 4 nitrogen and oxygen atoms in total. The fraction of sp³-hybridized carbons (Fsp3) is 0.533. The number of hydrogen-bond donors (Lipinski definition) is 3. The first kappa shape index (κ1) is 13.7. The van der Waals surface area contributed by atoms with E-state index < -0.39 is 5.91 Å². The van der Waals surface area contributed by atoms with E-state index >= 15 is 0 Å². The molecule has 1 fully saturated rings. The number of carbonyl (C=O) groups excluding carboxylic acids is 1. The van der Waals surface area contributed by atoms with Gasteiger partial charge in [-0.15, -0.1) is 0 Å². The van der Waals surface area contributed by atoms with Gasteiger partial charge >= 0.3 is 0 Å². The number of benzene rings is 1. The van der Waals surface area contributed by atoms with Crippen molar-refractivity contribution in [3.63, 3.8) is 0 Å². The quantitative estimate of drug-likeness (QED) is 0.731. The first-order valence-electron chi connectivity index (χ1n) is 6.95. The molecular weight excluding hydrogens is 238 g/mol. The summed E-state index contributed by atoms with van der Waals surface area (Å²) in [7, 11) is 0. The summed E-state index contributed by atoms with van der Waals surface area (Å²) in [5.74, 6) is 0.916. The molecule has 2 rings (SSSR count). The number of nitrogens with two attached hydrogens (primary N) is 2. The van der Waals surface area contributed by atoms with Crippen molar-refractivity contribution in [2.45, 2.75) is 39.2 Å². The Hall–Kier alpha value is -1.71. The molecule has 1 saturated carbocycles. The zero-order valence-corrected chi connectivity index (χ0v) is 11.6. The van der Waals surface area contributed by atoms with Crippen LogP contribution in [0.4, 0.5) is 11.4 Å². The summed E-state index contributed by atoms with van der Waals surface area (Å²) in [4.78, 5) is 11.1. The lowest BCUT2D eigenvalue weighted by Gasteiger charge is -2.35. The van der Waals surface area contributed by atoms with E-state index in [1.165, 1.54) is 19.3 Å². The summed E-state index contributed by atoms with van der Waals surface area (Å²) >= 11 is 0. The third-order valence-corrected chi connectivity index (χ3v) is 4.38. The molecule has 104 valence electrons. The minimum atomic E-state index is -0.446. The molecule has 0 aromatic heterocycles. The lowest BCUT2D eigenvalue weighted by atomic mass is 9.78. The van der Waals surface area contributed by atoms with Crippen molar-refractivity contribution < 1.29 is 4.79 Å². The van der Waals surface area contributed by atoms with Crippen LogP contribution < -0.4 is 16.8 Å². The Morgan fingerprint density at radius 2 is 2.05 bits per heavy atom. The second-order valence-electron chi connectivity index (χ2n) is 5.68. The Balaban J connectivity index is 2.12. The highest BCUT2D eigenvalue weighted by molar-refractivity contribution is 5.94. The molecule has 0 radical (unpaired) electrons. The molecule has 1 aliphatic rings. The molecule has 0 aliphatic heterocycles. The van der Waals surface area contributed by atoms with E-state index in [9.17, 15) is 4.79 Å². The van der Waals surface area contributed by atoms with Crippen molar-refractivity contribution in [2.24, 2.45) is 17.6 Å². The minimum absolute atomic E-state index is 0.446. The first-order chi connectivity index (χ1) is 8.99. The highest BCUT2D eigenvalue weighted by atomic mass is 16.1. The first-order valence-corrected chi connectivity index (χ1v) is 6.95. The van der Waals surface area contributed by atoms with E-state index in [0.717, 1.165) is 11.6 Å². The fourth-order valence-corrected chi connectivity index (χ4v) is 2.83. The summed E-state index contributed by atoms with van der Waals surface area (Å²) < 4.78 is 0. The van der Waals surface area contributed by atoms with E-state index in [1.54, 1.807) is 12.1 Å². The number of rotatable bonds is 3. The predicted octanol–water partition coefficient (Wildman–Crippen LogP) is 2.60. The number of hydrogen-bond acceptors (Lipinski definition) is 3. The summed E-state index contributed by atoms with van der Waals surface area (Å²) in [5, 5.41) is 3.52. The Kier molecular flexibility index (Phi) is 3.98. The molecule has 0 heterocycles. The molecule has 0 bridgehead atoms. The molecule has 3 unspecified atom stereocenters. The Morgan fingerprint density at radius 1 is 1.32 bits per heavy atom. The lowest BCUT2D eigenvalue weighted by Crippen LogP contribution is -2.35. The molecule has 3 atom stereocenters. The van der Waals surface area contributed by atoms with Crippen LogP contribution in [0.15, 0.2) is 18.2 Å². The third-order valence-electron chi connectivity index (χ3n) is 4.38. The highest BCUT2D eigenvalue weighted by Crippen LogP contribution is 2.32. The molecule has 5 N–H and O–H groups in total. The normalized spacial score (nSPS) is 26.9. The molecule has 0 spiro atoms. The average molecular weight is 261 g/mol. The second kappa shape index (κ2) is 5.51. The van der Waals surface area contributed by atoms with Gasteiger partial charge in [-0.05, 0) is 36.5 Å². The monoisotopic (exact) mass is 261 g/mol. The average Bonchev–Trinajstić information content (AvgIpc) is 2.37. The lowest BCUT2D eigenvalue weighted by molar-refractivity contribution is 0.100. The van der Waals surface area contributed by atoms with Crippen molar-refractivity contribution in [3.05, 3.63) is 23.8 Å². The number of carbonyl (C=O) groups is 1. The van der Waals surface area contributed by atoms with Crippen molar-refractivity contribution >= 4 is 17.3 Å². The van der Waals surface area contributed by atoms with Crippen LogP contribution in [0.3, 0.4) is 0 Å². The maximum Gasteiger partial charge on any atom is 0.248 e. The molecule has 1 aliphatic carbocycles. The molecule has 1 aromatic carbocycles. The molecule has 1 aromatic rings. The minimum Gasteiger partial charge on any atom is -0.397 e. The van der Waals surface area contributed by atoms with Gasteiger partial charge in [-0.3, -0.25) is 4.79 Å². The summed E-state index contributed by atoms with van der Waals surface area (Å²) in [6.07, 6.45) is 3.72. The largest absolute Gasteiger partial charge is 0.397 e. The number of anilines is 2. The zero-order chi connectivity index (χ0) is 14.0. The van der Waals surface area contributed by atoms with E-state index in [4.69, 9.17) is 11.5 Å². The molecule has 19 heavy (non-hydrogen) atoms. The van der Waals surface area contributed by atoms with Gasteiger partial charge < -0.3 is 16.8 Å². The third kappa shape index (κ3) is 3.00. The Morgan fingerprint density at radius 3 is 2.68 bits per heavy atom. The van der Waals surface area contributed by atoms with Gasteiger partial charge in [0, 0.05) is 11.6 Å². The van der Waals surface area contributed by atoms with Gasteiger partial charge in [0.2, 0.25) is 5.91 Å². The van der Waals surface area contributed by atoms with Crippen molar-refractivity contribution in [1.82, 2.24) is 0 Å². The van der Waals surface area contributed by atoms with Crippen molar-refractivity contribution in [2.75, 3.05) is 11.1 Å². The van der Waals surface area contributed by atoms with Crippen LogP contribution in [-0.2, 0) is 0 Å². The van der Waals surface area contributed by atoms with Crippen LogP contribution in [0.25, 0.3) is 0 Å². The zero-order valence-electron chi connectivity index (χ0n) is 11.6. The van der Waals surface area contributed by atoms with Crippen LogP contribution in [0.1, 0.15) is 43.5 Å². The summed E-state index contributed by atoms with van der Waals surface area (Å²) in [5.41, 5.74) is 13.2. The molecule has 1 amide bonds. The molecule has 0 saturated heterocycles. The van der Waals surface area contributed by atoms with Crippen molar-refractivity contribution in [3.8, 4) is 0 Å². The Labute approximate surface area is 114 Å². The Bertz CT molecular complexity index is 472. The predicted molar refractivity (Wildman–Crippen MR) is 79.0 cm³/mol. The fourth-order valence-electron chi connectivity index (χ4n) is 2.83. The SMILES string of the molecule is CC1CCCC(Nc2ccc(C(N)=O)cc2N)C1C.